The SMILES string of the molecule is Cn1c(C(=O)N2CCN(C3CCC(O)CC3)C(=O)C2)nc2c(-c3ccccc3)cc(C3CC3)cc21. The van der Waals surface area contributed by atoms with E-state index in [0.29, 0.717) is 24.8 Å². The predicted octanol–water partition coefficient (Wildman–Crippen LogP) is 3.71. The third kappa shape index (κ3) is 4.12. The van der Waals surface area contributed by atoms with Crippen LogP contribution in [0, 0.1) is 0 Å². The van der Waals surface area contributed by atoms with Crippen LogP contribution in [0.3, 0.4) is 0 Å². The van der Waals surface area contributed by atoms with E-state index in [4.69, 9.17) is 4.98 Å². The van der Waals surface area contributed by atoms with Crippen molar-refractivity contribution in [1.82, 2.24) is 19.4 Å². The second kappa shape index (κ2) is 8.79. The molecule has 0 radical (unpaired) electrons. The molecule has 2 saturated carbocycles. The van der Waals surface area contributed by atoms with E-state index in [1.165, 1.54) is 18.4 Å². The number of fused-ring (bicyclic) bond motifs is 1. The van der Waals surface area contributed by atoms with E-state index < -0.39 is 0 Å². The van der Waals surface area contributed by atoms with Gasteiger partial charge in [-0.1, -0.05) is 30.3 Å². The van der Waals surface area contributed by atoms with Crippen molar-refractivity contribution in [2.45, 2.75) is 56.6 Å². The van der Waals surface area contributed by atoms with Gasteiger partial charge in [-0.25, -0.2) is 4.98 Å². The first-order valence-electron chi connectivity index (χ1n) is 12.8. The van der Waals surface area contributed by atoms with Gasteiger partial charge >= 0.3 is 0 Å². The highest BCUT2D eigenvalue weighted by atomic mass is 16.3. The van der Waals surface area contributed by atoms with Crippen LogP contribution in [0.1, 0.15) is 60.6 Å². The maximum atomic E-state index is 13.6. The average Bonchev–Trinajstić information content (AvgIpc) is 3.68. The van der Waals surface area contributed by atoms with Gasteiger partial charge in [0.05, 0.1) is 17.1 Å². The summed E-state index contributed by atoms with van der Waals surface area (Å²) in [5, 5.41) is 9.80. The summed E-state index contributed by atoms with van der Waals surface area (Å²) in [7, 11) is 1.90. The molecule has 35 heavy (non-hydrogen) atoms. The summed E-state index contributed by atoms with van der Waals surface area (Å²) < 4.78 is 1.90. The first kappa shape index (κ1) is 22.3. The van der Waals surface area contributed by atoms with Crippen LogP contribution in [0.4, 0.5) is 0 Å². The van der Waals surface area contributed by atoms with Crippen LogP contribution in [-0.2, 0) is 11.8 Å². The number of carbonyl (C=O) groups is 2. The van der Waals surface area contributed by atoms with Gasteiger partial charge in [-0.3, -0.25) is 9.59 Å². The Kier molecular flexibility index (Phi) is 5.60. The highest BCUT2D eigenvalue weighted by Gasteiger charge is 2.35. The number of imidazole rings is 1. The molecular formula is C28H32N4O3. The van der Waals surface area contributed by atoms with Gasteiger partial charge in [0.1, 0.15) is 6.54 Å². The Morgan fingerprint density at radius 3 is 2.43 bits per heavy atom. The van der Waals surface area contributed by atoms with Crippen LogP contribution < -0.4 is 0 Å². The number of aryl methyl sites for hydroxylation is 1. The molecule has 1 aromatic heterocycles. The lowest BCUT2D eigenvalue weighted by Gasteiger charge is -2.41. The fourth-order valence-corrected chi connectivity index (χ4v) is 5.75. The van der Waals surface area contributed by atoms with Crippen LogP contribution in [0.15, 0.2) is 42.5 Å². The Balaban J connectivity index is 1.29. The molecule has 1 aliphatic heterocycles. The number of amides is 2. The number of carbonyl (C=O) groups excluding carboxylic acids is 2. The fraction of sp³-hybridized carbons (Fsp3) is 0.464. The highest BCUT2D eigenvalue weighted by molar-refractivity contribution is 6.01. The van der Waals surface area contributed by atoms with Crippen LogP contribution in [0.5, 0.6) is 0 Å². The van der Waals surface area contributed by atoms with Crippen molar-refractivity contribution in [3.8, 4) is 11.1 Å². The van der Waals surface area contributed by atoms with Gasteiger partial charge in [0.25, 0.3) is 5.91 Å². The zero-order chi connectivity index (χ0) is 24.1. The maximum Gasteiger partial charge on any atom is 0.290 e. The number of aromatic nitrogens is 2. The Morgan fingerprint density at radius 2 is 1.74 bits per heavy atom. The number of nitrogens with zero attached hydrogens (tertiary/aromatic N) is 4. The third-order valence-corrected chi connectivity index (χ3v) is 7.99. The Hall–Kier alpha value is -3.19. The topological polar surface area (TPSA) is 78.7 Å². The maximum absolute atomic E-state index is 13.6. The van der Waals surface area contributed by atoms with Gasteiger partial charge in [0, 0.05) is 31.7 Å². The molecule has 7 nitrogen and oxygen atoms in total. The molecule has 2 aromatic carbocycles. The minimum atomic E-state index is -0.247. The molecule has 2 aliphatic carbocycles. The van der Waals surface area contributed by atoms with Crippen LogP contribution in [0.25, 0.3) is 22.2 Å². The Morgan fingerprint density at radius 1 is 1.00 bits per heavy atom. The first-order chi connectivity index (χ1) is 17.0. The summed E-state index contributed by atoms with van der Waals surface area (Å²) >= 11 is 0. The molecule has 0 spiro atoms. The predicted molar refractivity (Wildman–Crippen MR) is 134 cm³/mol. The lowest BCUT2D eigenvalue weighted by molar-refractivity contribution is -0.138. The molecule has 6 rings (SSSR count). The van der Waals surface area contributed by atoms with Crippen molar-refractivity contribution >= 4 is 22.8 Å². The van der Waals surface area contributed by atoms with Gasteiger partial charge in [-0.05, 0) is 67.7 Å². The quantitative estimate of drug-likeness (QED) is 0.628. The second-order valence-corrected chi connectivity index (χ2v) is 10.3. The molecule has 1 saturated heterocycles. The van der Waals surface area contributed by atoms with Crippen molar-refractivity contribution < 1.29 is 14.7 Å². The minimum Gasteiger partial charge on any atom is -0.393 e. The highest BCUT2D eigenvalue weighted by Crippen LogP contribution is 2.43. The average molecular weight is 473 g/mol. The standard InChI is InChI=1S/C28H32N4O3/c1-30-24-16-20(18-7-8-18)15-23(19-5-3-2-4-6-19)26(24)29-27(30)28(35)31-13-14-32(25(34)17-31)21-9-11-22(33)12-10-21/h2-6,15-16,18,21-22,33H,7-14,17H2,1H3. The number of hydrogen-bond acceptors (Lipinski definition) is 4. The molecule has 0 atom stereocenters. The van der Waals surface area contributed by atoms with Crippen LogP contribution in [0.2, 0.25) is 0 Å². The molecule has 182 valence electrons. The lowest BCUT2D eigenvalue weighted by Crippen LogP contribution is -2.56. The third-order valence-electron chi connectivity index (χ3n) is 7.99. The van der Waals surface area contributed by atoms with E-state index in [0.717, 1.165) is 47.8 Å². The normalized spacial score (nSPS) is 23.2. The van der Waals surface area contributed by atoms with Crippen LogP contribution >= 0.6 is 0 Å². The van der Waals surface area contributed by atoms with Gasteiger partial charge in [-0.15, -0.1) is 0 Å². The molecule has 3 aliphatic rings. The molecule has 1 N–H and O–H groups in total. The molecule has 0 unspecified atom stereocenters. The summed E-state index contributed by atoms with van der Waals surface area (Å²) in [5.41, 5.74) is 5.25. The largest absolute Gasteiger partial charge is 0.393 e. The summed E-state index contributed by atoms with van der Waals surface area (Å²) in [6, 6.07) is 14.8. The number of aliphatic hydroxyl groups excluding tert-OH is 1. The smallest absolute Gasteiger partial charge is 0.290 e. The summed E-state index contributed by atoms with van der Waals surface area (Å²) in [6.07, 6.45) is 5.30. The van der Waals surface area contributed by atoms with Crippen LogP contribution in [-0.4, -0.2) is 68.1 Å². The molecule has 7 heteroatoms. The van der Waals surface area contributed by atoms with Gasteiger partial charge in [0.2, 0.25) is 5.91 Å². The van der Waals surface area contributed by atoms with E-state index in [-0.39, 0.29) is 30.5 Å². The number of piperazine rings is 1. The fourth-order valence-electron chi connectivity index (χ4n) is 5.75. The minimum absolute atomic E-state index is 0.00857. The van der Waals surface area contributed by atoms with Crippen molar-refractivity contribution in [3.05, 3.63) is 53.9 Å². The van der Waals surface area contributed by atoms with E-state index in [9.17, 15) is 14.7 Å². The molecule has 2 amide bonds. The first-order valence-corrected chi connectivity index (χ1v) is 12.8. The Labute approximate surface area is 205 Å². The van der Waals surface area contributed by atoms with E-state index >= 15 is 0 Å². The molecule has 3 aromatic rings. The summed E-state index contributed by atoms with van der Waals surface area (Å²) in [6.45, 7) is 1.13. The lowest BCUT2D eigenvalue weighted by atomic mass is 9.91. The Bertz CT molecular complexity index is 1270. The van der Waals surface area contributed by atoms with Gasteiger partial charge in [0.15, 0.2) is 5.82 Å². The zero-order valence-electron chi connectivity index (χ0n) is 20.2. The zero-order valence-corrected chi connectivity index (χ0v) is 20.2. The molecular weight excluding hydrogens is 440 g/mol. The van der Waals surface area contributed by atoms with Gasteiger partial charge in [-0.2, -0.15) is 0 Å². The van der Waals surface area contributed by atoms with E-state index in [2.05, 4.69) is 24.3 Å². The summed E-state index contributed by atoms with van der Waals surface area (Å²) in [4.78, 5) is 35.0. The number of hydrogen-bond donors (Lipinski definition) is 1. The number of aliphatic hydroxyl groups is 1. The van der Waals surface area contributed by atoms with E-state index in [1.54, 1.807) is 4.90 Å². The number of rotatable bonds is 4. The summed E-state index contributed by atoms with van der Waals surface area (Å²) in [5.74, 6) is 0.767. The molecule has 0 bridgehead atoms. The van der Waals surface area contributed by atoms with Crippen molar-refractivity contribution in [2.24, 2.45) is 7.05 Å². The second-order valence-electron chi connectivity index (χ2n) is 10.3. The molecule has 2 heterocycles. The van der Waals surface area contributed by atoms with Crippen molar-refractivity contribution in [2.75, 3.05) is 19.6 Å². The monoisotopic (exact) mass is 472 g/mol. The van der Waals surface area contributed by atoms with Crippen molar-refractivity contribution in [1.29, 1.82) is 0 Å². The van der Waals surface area contributed by atoms with Crippen molar-refractivity contribution in [3.63, 3.8) is 0 Å². The number of benzene rings is 2. The van der Waals surface area contributed by atoms with Gasteiger partial charge < -0.3 is 19.5 Å². The van der Waals surface area contributed by atoms with E-state index in [1.807, 2.05) is 34.7 Å². The molecule has 3 fully saturated rings.